The van der Waals surface area contributed by atoms with Crippen LogP contribution in [0.15, 0.2) is 23.1 Å². The van der Waals surface area contributed by atoms with Gasteiger partial charge in [0, 0.05) is 6.07 Å². The molecular formula is C17H11F5N2O4S. The van der Waals surface area contributed by atoms with Crippen molar-refractivity contribution in [1.82, 2.24) is 0 Å². The number of hydrogen-bond acceptors (Lipinski definition) is 5. The third-order valence-electron chi connectivity index (χ3n) is 3.55. The molecule has 0 bridgehead atoms. The number of hydrogen-bond donors (Lipinski definition) is 1. The first-order valence-corrected chi connectivity index (χ1v) is 8.93. The van der Waals surface area contributed by atoms with Crippen LogP contribution in [0.1, 0.15) is 5.56 Å². The van der Waals surface area contributed by atoms with Crippen molar-refractivity contribution < 1.29 is 39.8 Å². The molecule has 2 aromatic rings. The zero-order chi connectivity index (χ0) is 21.9. The summed E-state index contributed by atoms with van der Waals surface area (Å²) in [4.78, 5) is -1.30. The molecule has 0 aromatic heterocycles. The predicted octanol–water partition coefficient (Wildman–Crippen LogP) is 3.71. The van der Waals surface area contributed by atoms with E-state index in [9.17, 15) is 30.4 Å². The minimum Gasteiger partial charge on any atom is -0.493 e. The van der Waals surface area contributed by atoms with Crippen LogP contribution in [0.25, 0.3) is 6.08 Å². The molecule has 0 heterocycles. The van der Waals surface area contributed by atoms with Gasteiger partial charge in [-0.1, -0.05) is 0 Å². The minimum atomic E-state index is -4.76. The number of rotatable bonds is 6. The molecule has 0 unspecified atom stereocenters. The lowest BCUT2D eigenvalue weighted by atomic mass is 10.1. The van der Waals surface area contributed by atoms with Crippen LogP contribution >= 0.6 is 0 Å². The molecule has 1 N–H and O–H groups in total. The fourth-order valence-corrected chi connectivity index (χ4v) is 3.10. The molecule has 0 amide bonds. The second kappa shape index (κ2) is 8.36. The predicted molar refractivity (Wildman–Crippen MR) is 91.9 cm³/mol. The van der Waals surface area contributed by atoms with Gasteiger partial charge < -0.3 is 9.47 Å². The summed E-state index contributed by atoms with van der Waals surface area (Å²) < 4.78 is 104. The Kier molecular flexibility index (Phi) is 6.33. The van der Waals surface area contributed by atoms with Crippen molar-refractivity contribution in [2.24, 2.45) is 0 Å². The number of nitrogens with zero attached hydrogens (tertiary/aromatic N) is 1. The normalized spacial score (nSPS) is 11.7. The summed E-state index contributed by atoms with van der Waals surface area (Å²) in [7, 11) is -2.14. The van der Waals surface area contributed by atoms with Crippen LogP contribution in [-0.4, -0.2) is 22.6 Å². The lowest BCUT2D eigenvalue weighted by Crippen LogP contribution is -2.15. The molecule has 154 valence electrons. The van der Waals surface area contributed by atoms with Gasteiger partial charge in [0.15, 0.2) is 39.7 Å². The zero-order valence-electron chi connectivity index (χ0n) is 14.7. The molecule has 0 aliphatic heterocycles. The monoisotopic (exact) mass is 434 g/mol. The fraction of sp³-hybridized carbons (Fsp3) is 0.118. The van der Waals surface area contributed by atoms with Crippen molar-refractivity contribution in [3.05, 3.63) is 57.8 Å². The van der Waals surface area contributed by atoms with Crippen molar-refractivity contribution >= 4 is 21.8 Å². The Balaban J connectivity index is 2.53. The van der Waals surface area contributed by atoms with Crippen LogP contribution in [0.3, 0.4) is 0 Å². The summed E-state index contributed by atoms with van der Waals surface area (Å²) >= 11 is 0. The van der Waals surface area contributed by atoms with Crippen molar-refractivity contribution in [2.75, 3.05) is 18.9 Å². The van der Waals surface area contributed by atoms with Crippen LogP contribution in [0.5, 0.6) is 11.5 Å². The van der Waals surface area contributed by atoms with Gasteiger partial charge in [-0.15, -0.1) is 0 Å². The number of benzene rings is 2. The molecule has 0 aliphatic carbocycles. The third kappa shape index (κ3) is 4.24. The Morgan fingerprint density at radius 2 is 1.48 bits per heavy atom. The second-order valence-corrected chi connectivity index (χ2v) is 6.93. The molecule has 0 atom stereocenters. The van der Waals surface area contributed by atoms with Gasteiger partial charge in [-0.2, -0.15) is 5.26 Å². The molecular weight excluding hydrogens is 423 g/mol. The highest BCUT2D eigenvalue weighted by Crippen LogP contribution is 2.31. The molecule has 2 aromatic carbocycles. The van der Waals surface area contributed by atoms with Crippen molar-refractivity contribution in [2.45, 2.75) is 0 Å². The summed E-state index contributed by atoms with van der Waals surface area (Å²) in [5.74, 6) is -11.2. The van der Waals surface area contributed by atoms with E-state index in [1.807, 2.05) is 4.72 Å². The van der Waals surface area contributed by atoms with Gasteiger partial charge >= 0.3 is 0 Å². The highest BCUT2D eigenvalue weighted by atomic mass is 32.2. The van der Waals surface area contributed by atoms with Crippen LogP contribution in [0, 0.1) is 40.4 Å². The third-order valence-corrected chi connectivity index (χ3v) is 4.85. The van der Waals surface area contributed by atoms with E-state index in [0.29, 0.717) is 0 Å². The van der Waals surface area contributed by atoms with E-state index in [4.69, 9.17) is 14.7 Å². The molecule has 0 radical (unpaired) electrons. The number of allylic oxidation sites excluding steroid dienone is 1. The van der Waals surface area contributed by atoms with E-state index in [1.54, 1.807) is 0 Å². The first-order valence-electron chi connectivity index (χ1n) is 7.45. The van der Waals surface area contributed by atoms with Gasteiger partial charge in [0.25, 0.3) is 10.0 Å². The lowest BCUT2D eigenvalue weighted by Gasteiger charge is -2.11. The van der Waals surface area contributed by atoms with Crippen LogP contribution < -0.4 is 14.2 Å². The number of anilines is 1. The lowest BCUT2D eigenvalue weighted by molar-refractivity contribution is 0.355. The summed E-state index contributed by atoms with van der Waals surface area (Å²) in [6.45, 7) is 0. The number of nitrogens with one attached hydrogen (secondary N) is 1. The standard InChI is InChI=1S/C17H11F5N2O4S/c1-27-11-4-3-8(5-12(11)28-2)24-29(25,26)9(7-23)6-10-13(18)15(20)17(22)16(21)14(10)19/h3-6,24H,1-2H3/b9-6+. The van der Waals surface area contributed by atoms with Gasteiger partial charge in [0.1, 0.15) is 6.07 Å². The highest BCUT2D eigenvalue weighted by molar-refractivity contribution is 7.96. The summed E-state index contributed by atoms with van der Waals surface area (Å²) in [5, 5.41) is 9.07. The Bertz CT molecular complexity index is 1110. The molecule has 0 saturated carbocycles. The van der Waals surface area contributed by atoms with Crippen LogP contribution in [0.4, 0.5) is 27.6 Å². The molecule has 29 heavy (non-hydrogen) atoms. The molecule has 0 spiro atoms. The topological polar surface area (TPSA) is 88.4 Å². The maximum absolute atomic E-state index is 13.8. The van der Waals surface area contributed by atoms with Crippen molar-refractivity contribution in [1.29, 1.82) is 5.26 Å². The molecule has 2 rings (SSSR count). The second-order valence-electron chi connectivity index (χ2n) is 5.28. The largest absolute Gasteiger partial charge is 0.493 e. The van der Waals surface area contributed by atoms with Crippen LogP contribution in [0.2, 0.25) is 0 Å². The number of nitriles is 1. The average Bonchev–Trinajstić information content (AvgIpc) is 2.70. The van der Waals surface area contributed by atoms with E-state index in [2.05, 4.69) is 0 Å². The summed E-state index contributed by atoms with van der Waals surface area (Å²) in [6, 6.07) is 4.90. The molecule has 0 fully saturated rings. The number of ether oxygens (including phenoxy) is 2. The molecule has 12 heteroatoms. The molecule has 0 aliphatic rings. The number of methoxy groups -OCH3 is 2. The molecule has 6 nitrogen and oxygen atoms in total. The van der Waals surface area contributed by atoms with E-state index in [0.717, 1.165) is 6.07 Å². The van der Waals surface area contributed by atoms with E-state index in [-0.39, 0.29) is 23.3 Å². The fourth-order valence-electron chi connectivity index (χ4n) is 2.16. The van der Waals surface area contributed by atoms with Crippen molar-refractivity contribution in [3.63, 3.8) is 0 Å². The minimum absolute atomic E-state index is 0.0410. The maximum atomic E-state index is 13.8. The quantitative estimate of drug-likeness (QED) is 0.324. The van der Waals surface area contributed by atoms with E-state index in [1.165, 1.54) is 32.4 Å². The van der Waals surface area contributed by atoms with Gasteiger partial charge in [-0.05, 0) is 18.2 Å². The SMILES string of the molecule is COc1ccc(NS(=O)(=O)/C(C#N)=C/c2c(F)c(F)c(F)c(F)c2F)cc1OC. The van der Waals surface area contributed by atoms with Gasteiger partial charge in [-0.25, -0.2) is 30.4 Å². The van der Waals surface area contributed by atoms with Crippen LogP contribution in [-0.2, 0) is 10.0 Å². The maximum Gasteiger partial charge on any atom is 0.272 e. The van der Waals surface area contributed by atoms with Gasteiger partial charge in [0.2, 0.25) is 5.82 Å². The van der Waals surface area contributed by atoms with E-state index < -0.39 is 49.6 Å². The Labute approximate surface area is 161 Å². The van der Waals surface area contributed by atoms with Gasteiger partial charge in [-0.3, -0.25) is 4.72 Å². The average molecular weight is 434 g/mol. The Morgan fingerprint density at radius 1 is 0.966 bits per heavy atom. The highest BCUT2D eigenvalue weighted by Gasteiger charge is 2.27. The van der Waals surface area contributed by atoms with E-state index >= 15 is 0 Å². The molecule has 0 saturated heterocycles. The zero-order valence-corrected chi connectivity index (χ0v) is 15.5. The Hall–Kier alpha value is -3.33. The first kappa shape index (κ1) is 22.0. The summed E-state index contributed by atoms with van der Waals surface area (Å²) in [6.07, 6.45) is 0.0410. The first-order chi connectivity index (χ1) is 13.6. The van der Waals surface area contributed by atoms with Crippen molar-refractivity contribution in [3.8, 4) is 17.6 Å². The smallest absolute Gasteiger partial charge is 0.272 e. The number of sulfonamides is 1. The number of halogens is 5. The summed E-state index contributed by atoms with van der Waals surface area (Å²) in [5.41, 5.74) is -1.70. The van der Waals surface area contributed by atoms with Gasteiger partial charge in [0.05, 0.1) is 25.5 Å². The Morgan fingerprint density at radius 3 is 1.97 bits per heavy atom.